The van der Waals surface area contributed by atoms with Crippen LogP contribution in [0.2, 0.25) is 0 Å². The number of hydrogen-bond acceptors (Lipinski definition) is 8. The van der Waals surface area contributed by atoms with Crippen molar-refractivity contribution < 1.29 is 14.7 Å². The quantitative estimate of drug-likeness (QED) is 0.138. The molecule has 0 saturated carbocycles. The lowest BCUT2D eigenvalue weighted by atomic mass is 9.98. The van der Waals surface area contributed by atoms with Crippen molar-refractivity contribution in [2.45, 2.75) is 58.3 Å². The Kier molecular flexibility index (Phi) is 11.8. The molecule has 2 atom stereocenters. The number of aliphatic hydroxyl groups excluding tert-OH is 1. The molecule has 0 aliphatic heterocycles. The van der Waals surface area contributed by atoms with Gasteiger partial charge in [0.1, 0.15) is 5.01 Å². The smallest absolute Gasteiger partial charge is 0.254 e. The molecule has 0 aliphatic carbocycles. The average molecular weight is 663 g/mol. The lowest BCUT2D eigenvalue weighted by molar-refractivity contribution is 0.0784. The number of aliphatic hydroxyl groups is 1. The second-order valence-corrected chi connectivity index (χ2v) is 13.3. The fourth-order valence-electron chi connectivity index (χ4n) is 5.38. The Labute approximate surface area is 286 Å². The van der Waals surface area contributed by atoms with Gasteiger partial charge in [0.2, 0.25) is 0 Å². The van der Waals surface area contributed by atoms with Crippen LogP contribution in [-0.2, 0) is 19.5 Å². The summed E-state index contributed by atoms with van der Waals surface area (Å²) in [6.45, 7) is 7.31. The molecule has 2 aromatic carbocycles. The van der Waals surface area contributed by atoms with E-state index in [2.05, 4.69) is 45.5 Å². The van der Waals surface area contributed by atoms with Crippen molar-refractivity contribution in [3.05, 3.63) is 135 Å². The van der Waals surface area contributed by atoms with E-state index in [-0.39, 0.29) is 18.4 Å². The van der Waals surface area contributed by atoms with Crippen LogP contribution in [0.15, 0.2) is 96.9 Å². The second-order valence-electron chi connectivity index (χ2n) is 12.3. The van der Waals surface area contributed by atoms with Gasteiger partial charge < -0.3 is 20.6 Å². The van der Waals surface area contributed by atoms with Crippen LogP contribution in [0.4, 0.5) is 0 Å². The third-order valence-corrected chi connectivity index (χ3v) is 9.02. The van der Waals surface area contributed by atoms with Crippen LogP contribution in [-0.4, -0.2) is 62.5 Å². The highest BCUT2D eigenvalue weighted by molar-refractivity contribution is 7.09. The summed E-state index contributed by atoms with van der Waals surface area (Å²) in [6, 6.07) is 20.1. The average Bonchev–Trinajstić information content (AvgIpc) is 3.52. The Hall–Kier alpha value is -4.77. The largest absolute Gasteiger partial charge is 0.390 e. The molecule has 9 nitrogen and oxygen atoms in total. The Morgan fingerprint density at radius 2 is 1.71 bits per heavy atom. The number of aryl methyl sites for hydroxylation is 1. The molecule has 0 saturated heterocycles. The molecule has 3 aromatic heterocycles. The number of nitrogens with zero attached hydrogens (tertiary/aromatic N) is 4. The van der Waals surface area contributed by atoms with E-state index in [0.29, 0.717) is 42.1 Å². The highest BCUT2D eigenvalue weighted by Crippen LogP contribution is 2.24. The Balaban J connectivity index is 1.37. The number of rotatable bonds is 14. The molecule has 10 heteroatoms. The molecule has 3 N–H and O–H groups in total. The van der Waals surface area contributed by atoms with Crippen LogP contribution in [0, 0.1) is 6.92 Å². The number of aromatic nitrogens is 3. The van der Waals surface area contributed by atoms with Gasteiger partial charge in [-0.25, -0.2) is 4.98 Å². The molecule has 3 heterocycles. The van der Waals surface area contributed by atoms with Gasteiger partial charge in [-0.15, -0.1) is 11.3 Å². The Morgan fingerprint density at radius 1 is 0.917 bits per heavy atom. The maximum Gasteiger partial charge on any atom is 0.254 e. The normalized spacial score (nSPS) is 12.5. The first-order valence-electron chi connectivity index (χ1n) is 16.1. The summed E-state index contributed by atoms with van der Waals surface area (Å²) in [5.74, 6) is -0.255. The van der Waals surface area contributed by atoms with Crippen LogP contribution >= 0.6 is 11.3 Å². The van der Waals surface area contributed by atoms with Crippen molar-refractivity contribution in [2.75, 3.05) is 13.6 Å². The van der Waals surface area contributed by atoms with E-state index in [0.717, 1.165) is 33.0 Å². The lowest BCUT2D eigenvalue weighted by Gasteiger charge is -2.25. The van der Waals surface area contributed by atoms with Crippen molar-refractivity contribution in [3.8, 4) is 11.1 Å². The monoisotopic (exact) mass is 662 g/mol. The topological polar surface area (TPSA) is 120 Å². The molecule has 0 bridgehead atoms. The summed E-state index contributed by atoms with van der Waals surface area (Å²) in [4.78, 5) is 42.3. The molecule has 0 fully saturated rings. The highest BCUT2D eigenvalue weighted by Gasteiger charge is 2.24. The minimum Gasteiger partial charge on any atom is -0.390 e. The molecule has 2 amide bonds. The number of carbonyl (C=O) groups is 2. The van der Waals surface area contributed by atoms with Crippen molar-refractivity contribution in [1.29, 1.82) is 0 Å². The number of carbonyl (C=O) groups excluding carboxylic acids is 2. The zero-order valence-electron chi connectivity index (χ0n) is 27.8. The SMILES string of the molecule is Cc1csc(CN(C)C(=O)c2cc(C(=O)N[C@@H](Cc3ccccc3)[C@H](O)CNCc3cncc(C(C)C)c3)cc(-c3cccnc3)c2)n1. The van der Waals surface area contributed by atoms with Gasteiger partial charge in [-0.05, 0) is 65.8 Å². The zero-order valence-corrected chi connectivity index (χ0v) is 28.6. The van der Waals surface area contributed by atoms with Gasteiger partial charge in [0.15, 0.2) is 0 Å². The maximum atomic E-state index is 14.0. The van der Waals surface area contributed by atoms with E-state index in [4.69, 9.17) is 0 Å². The zero-order chi connectivity index (χ0) is 34.0. The van der Waals surface area contributed by atoms with Gasteiger partial charge >= 0.3 is 0 Å². The van der Waals surface area contributed by atoms with Gasteiger partial charge in [-0.3, -0.25) is 19.6 Å². The van der Waals surface area contributed by atoms with Crippen LogP contribution < -0.4 is 10.6 Å². The standard InChI is InChI=1S/C38H42N6O3S/c1-25(2)33-13-28(18-40-21-33)19-41-22-35(45)34(14-27-9-6-5-7-10-27)43-37(46)31-15-30(29-11-8-12-39-20-29)16-32(17-31)38(47)44(4)23-36-42-26(3)24-48-36/h5-13,15-18,20-21,24-25,34-35,41,45H,14,19,22-23H2,1-4H3,(H,43,46)/t34-,35+/m0/s1. The maximum absolute atomic E-state index is 14.0. The van der Waals surface area contributed by atoms with Crippen molar-refractivity contribution in [2.24, 2.45) is 0 Å². The number of thiazole rings is 1. The first-order valence-corrected chi connectivity index (χ1v) is 16.9. The number of hydrogen-bond donors (Lipinski definition) is 3. The highest BCUT2D eigenvalue weighted by atomic mass is 32.1. The van der Waals surface area contributed by atoms with Crippen LogP contribution in [0.25, 0.3) is 11.1 Å². The van der Waals surface area contributed by atoms with Gasteiger partial charge in [0.25, 0.3) is 11.8 Å². The van der Waals surface area contributed by atoms with E-state index in [1.54, 1.807) is 42.5 Å². The van der Waals surface area contributed by atoms with Gasteiger partial charge in [-0.1, -0.05) is 56.3 Å². The van der Waals surface area contributed by atoms with Crippen molar-refractivity contribution in [3.63, 3.8) is 0 Å². The van der Waals surface area contributed by atoms with Crippen LogP contribution in [0.5, 0.6) is 0 Å². The fraction of sp³-hybridized carbons (Fsp3) is 0.289. The number of amides is 2. The summed E-state index contributed by atoms with van der Waals surface area (Å²) in [7, 11) is 1.73. The van der Waals surface area contributed by atoms with Crippen molar-refractivity contribution >= 4 is 23.2 Å². The fourth-order valence-corrected chi connectivity index (χ4v) is 6.21. The van der Waals surface area contributed by atoms with Crippen LogP contribution in [0.3, 0.4) is 0 Å². The minimum absolute atomic E-state index is 0.233. The van der Waals surface area contributed by atoms with Crippen molar-refractivity contribution in [1.82, 2.24) is 30.5 Å². The summed E-state index contributed by atoms with van der Waals surface area (Å²) in [6.07, 6.45) is 6.59. The molecule has 0 aliphatic rings. The Bertz CT molecular complexity index is 1810. The minimum atomic E-state index is -0.897. The third-order valence-electron chi connectivity index (χ3n) is 8.07. The van der Waals surface area contributed by atoms with Gasteiger partial charge in [-0.2, -0.15) is 0 Å². The Morgan fingerprint density at radius 3 is 2.42 bits per heavy atom. The number of benzene rings is 2. The summed E-state index contributed by atoms with van der Waals surface area (Å²) in [5, 5.41) is 20.6. The lowest BCUT2D eigenvalue weighted by Crippen LogP contribution is -2.48. The van der Waals surface area contributed by atoms with E-state index in [1.165, 1.54) is 11.3 Å². The first-order chi connectivity index (χ1) is 23.2. The molecule has 0 spiro atoms. The molecule has 48 heavy (non-hydrogen) atoms. The number of nitrogens with one attached hydrogen (secondary N) is 2. The molecule has 0 unspecified atom stereocenters. The van der Waals surface area contributed by atoms with Gasteiger partial charge in [0, 0.05) is 72.7 Å². The molecule has 0 radical (unpaired) electrons. The van der Waals surface area contributed by atoms with Gasteiger partial charge in [0.05, 0.1) is 18.7 Å². The van der Waals surface area contributed by atoms with E-state index in [9.17, 15) is 14.7 Å². The van der Waals surface area contributed by atoms with E-state index >= 15 is 0 Å². The predicted octanol–water partition coefficient (Wildman–Crippen LogP) is 5.80. The molecular weight excluding hydrogens is 621 g/mol. The predicted molar refractivity (Wildman–Crippen MR) is 190 cm³/mol. The summed E-state index contributed by atoms with van der Waals surface area (Å²) < 4.78 is 0. The van der Waals surface area contributed by atoms with E-state index < -0.39 is 12.1 Å². The third kappa shape index (κ3) is 9.41. The van der Waals surface area contributed by atoms with E-state index in [1.807, 2.05) is 67.2 Å². The molecule has 248 valence electrons. The molecular formula is C38H42N6O3S. The van der Waals surface area contributed by atoms with Crippen LogP contribution in [0.1, 0.15) is 67.9 Å². The molecule has 5 rings (SSSR count). The second kappa shape index (κ2) is 16.4. The first kappa shape index (κ1) is 34.6. The summed E-state index contributed by atoms with van der Waals surface area (Å²) in [5.41, 5.74) is 6.22. The summed E-state index contributed by atoms with van der Waals surface area (Å²) >= 11 is 1.51. The molecule has 5 aromatic rings. The number of pyridine rings is 2.